The Hall–Kier alpha value is -2.64. The van der Waals surface area contributed by atoms with Gasteiger partial charge in [-0.2, -0.15) is 0 Å². The molecule has 0 aliphatic carbocycles. The third-order valence-corrected chi connectivity index (χ3v) is 5.03. The molecule has 0 spiro atoms. The van der Waals surface area contributed by atoms with Crippen LogP contribution in [0.5, 0.6) is 5.75 Å². The molecule has 2 aromatic carbocycles. The number of rotatable bonds is 6. The van der Waals surface area contributed by atoms with E-state index in [4.69, 9.17) is 16.3 Å². The van der Waals surface area contributed by atoms with Gasteiger partial charge in [0, 0.05) is 17.3 Å². The SMILES string of the molecule is O=S(=O)(Nc1cccc(OCc2ccccn2)c1)c1ccc(Cl)cc1F. The van der Waals surface area contributed by atoms with Crippen LogP contribution in [-0.4, -0.2) is 13.4 Å². The Labute approximate surface area is 155 Å². The summed E-state index contributed by atoms with van der Waals surface area (Å²) >= 11 is 5.66. The number of hydrogen-bond donors (Lipinski definition) is 1. The minimum Gasteiger partial charge on any atom is -0.487 e. The maximum atomic E-state index is 13.9. The van der Waals surface area contributed by atoms with Gasteiger partial charge in [-0.1, -0.05) is 23.7 Å². The number of pyridine rings is 1. The quantitative estimate of drug-likeness (QED) is 0.680. The fourth-order valence-electron chi connectivity index (χ4n) is 2.19. The lowest BCUT2D eigenvalue weighted by Crippen LogP contribution is -2.14. The molecule has 0 aliphatic rings. The van der Waals surface area contributed by atoms with E-state index in [1.807, 2.05) is 12.1 Å². The molecule has 0 bridgehead atoms. The van der Waals surface area contributed by atoms with E-state index in [2.05, 4.69) is 9.71 Å². The van der Waals surface area contributed by atoms with Gasteiger partial charge in [0.25, 0.3) is 10.0 Å². The summed E-state index contributed by atoms with van der Waals surface area (Å²) in [5, 5.41) is 0.117. The average Bonchev–Trinajstić information content (AvgIpc) is 2.60. The molecule has 0 radical (unpaired) electrons. The average molecular weight is 393 g/mol. The van der Waals surface area contributed by atoms with Crippen molar-refractivity contribution >= 4 is 27.3 Å². The second kappa shape index (κ2) is 7.72. The van der Waals surface area contributed by atoms with Crippen molar-refractivity contribution in [2.45, 2.75) is 11.5 Å². The second-order valence-corrected chi connectivity index (χ2v) is 7.41. The minimum absolute atomic E-state index is 0.117. The maximum absolute atomic E-state index is 13.9. The van der Waals surface area contributed by atoms with Crippen LogP contribution in [0.4, 0.5) is 10.1 Å². The molecule has 0 aliphatic heterocycles. The van der Waals surface area contributed by atoms with Crippen molar-refractivity contribution in [1.82, 2.24) is 4.98 Å². The van der Waals surface area contributed by atoms with Crippen LogP contribution in [0.3, 0.4) is 0 Å². The highest BCUT2D eigenvalue weighted by molar-refractivity contribution is 7.92. The molecule has 1 N–H and O–H groups in total. The van der Waals surface area contributed by atoms with Crippen molar-refractivity contribution in [3.63, 3.8) is 0 Å². The lowest BCUT2D eigenvalue weighted by molar-refractivity contribution is 0.301. The predicted octanol–water partition coefficient (Wildman–Crippen LogP) is 4.25. The zero-order valence-corrected chi connectivity index (χ0v) is 15.0. The van der Waals surface area contributed by atoms with Crippen LogP contribution in [0, 0.1) is 5.82 Å². The summed E-state index contributed by atoms with van der Waals surface area (Å²) in [5.41, 5.74) is 0.986. The summed E-state index contributed by atoms with van der Waals surface area (Å²) in [6.07, 6.45) is 1.66. The molecule has 0 saturated heterocycles. The van der Waals surface area contributed by atoms with E-state index >= 15 is 0 Å². The highest BCUT2D eigenvalue weighted by atomic mass is 35.5. The molecule has 3 aromatic rings. The molecule has 0 fully saturated rings. The Morgan fingerprint density at radius 3 is 2.65 bits per heavy atom. The zero-order valence-electron chi connectivity index (χ0n) is 13.4. The van der Waals surface area contributed by atoms with Gasteiger partial charge < -0.3 is 4.74 Å². The van der Waals surface area contributed by atoms with Gasteiger partial charge in [0.05, 0.1) is 11.4 Å². The van der Waals surface area contributed by atoms with Crippen LogP contribution in [0.25, 0.3) is 0 Å². The molecule has 8 heteroatoms. The van der Waals surface area contributed by atoms with Crippen LogP contribution in [-0.2, 0) is 16.6 Å². The van der Waals surface area contributed by atoms with E-state index in [1.165, 1.54) is 12.1 Å². The van der Waals surface area contributed by atoms with E-state index in [0.29, 0.717) is 5.75 Å². The largest absolute Gasteiger partial charge is 0.487 e. The highest BCUT2D eigenvalue weighted by Crippen LogP contribution is 2.24. The van der Waals surface area contributed by atoms with Crippen LogP contribution in [0.15, 0.2) is 71.8 Å². The van der Waals surface area contributed by atoms with Gasteiger partial charge in [-0.05, 0) is 42.5 Å². The number of anilines is 1. The van der Waals surface area contributed by atoms with Crippen molar-refractivity contribution < 1.29 is 17.5 Å². The summed E-state index contributed by atoms with van der Waals surface area (Å²) in [4.78, 5) is 3.66. The Bertz CT molecular complexity index is 1010. The molecular formula is C18H14ClFN2O3S. The van der Waals surface area contributed by atoms with Crippen molar-refractivity contribution in [1.29, 1.82) is 0 Å². The molecule has 5 nitrogen and oxygen atoms in total. The number of benzene rings is 2. The summed E-state index contributed by atoms with van der Waals surface area (Å²) in [7, 11) is -4.10. The molecule has 0 unspecified atom stereocenters. The first kappa shape index (κ1) is 18.2. The van der Waals surface area contributed by atoms with Gasteiger partial charge in [0.2, 0.25) is 0 Å². The molecule has 0 saturated carbocycles. The smallest absolute Gasteiger partial charge is 0.264 e. The van der Waals surface area contributed by atoms with Crippen LogP contribution in [0.2, 0.25) is 5.02 Å². The minimum atomic E-state index is -4.10. The number of aromatic nitrogens is 1. The molecule has 3 rings (SSSR count). The molecule has 26 heavy (non-hydrogen) atoms. The Morgan fingerprint density at radius 1 is 1.08 bits per heavy atom. The van der Waals surface area contributed by atoms with E-state index in [1.54, 1.807) is 30.5 Å². The Morgan fingerprint density at radius 2 is 1.92 bits per heavy atom. The summed E-state index contributed by atoms with van der Waals surface area (Å²) < 4.78 is 46.6. The predicted molar refractivity (Wildman–Crippen MR) is 97.2 cm³/mol. The Kier molecular flexibility index (Phi) is 5.39. The third kappa shape index (κ3) is 4.50. The normalized spacial score (nSPS) is 11.2. The highest BCUT2D eigenvalue weighted by Gasteiger charge is 2.19. The first-order valence-electron chi connectivity index (χ1n) is 7.55. The van der Waals surface area contributed by atoms with E-state index < -0.39 is 20.7 Å². The molecular weight excluding hydrogens is 379 g/mol. The van der Waals surface area contributed by atoms with Crippen molar-refractivity contribution in [2.24, 2.45) is 0 Å². The van der Waals surface area contributed by atoms with Crippen LogP contribution in [0.1, 0.15) is 5.69 Å². The van der Waals surface area contributed by atoms with Gasteiger partial charge in [0.15, 0.2) is 0 Å². The molecule has 134 valence electrons. The second-order valence-electron chi connectivity index (χ2n) is 5.32. The lowest BCUT2D eigenvalue weighted by Gasteiger charge is -2.11. The summed E-state index contributed by atoms with van der Waals surface area (Å²) in [6.45, 7) is 0.239. The molecule has 0 atom stereocenters. The number of halogens is 2. The van der Waals surface area contributed by atoms with Crippen molar-refractivity contribution in [3.8, 4) is 5.75 Å². The summed E-state index contributed by atoms with van der Waals surface area (Å²) in [5.74, 6) is -0.472. The third-order valence-electron chi connectivity index (χ3n) is 3.38. The number of ether oxygens (including phenoxy) is 1. The van der Waals surface area contributed by atoms with Gasteiger partial charge in [-0.15, -0.1) is 0 Å². The fourth-order valence-corrected chi connectivity index (χ4v) is 3.46. The number of nitrogens with zero attached hydrogens (tertiary/aromatic N) is 1. The molecule has 1 heterocycles. The number of nitrogens with one attached hydrogen (secondary N) is 1. The zero-order chi connectivity index (χ0) is 18.6. The Balaban J connectivity index is 1.75. The van der Waals surface area contributed by atoms with Gasteiger partial charge >= 0.3 is 0 Å². The monoisotopic (exact) mass is 392 g/mol. The van der Waals surface area contributed by atoms with Gasteiger partial charge in [-0.3, -0.25) is 9.71 Å². The fraction of sp³-hybridized carbons (Fsp3) is 0.0556. The molecule has 0 amide bonds. The van der Waals surface area contributed by atoms with Gasteiger partial charge in [0.1, 0.15) is 23.1 Å². The standard InChI is InChI=1S/C18H14ClFN2O3S/c19-13-7-8-18(17(20)10-13)26(23,24)22-14-5-3-6-16(11-14)25-12-15-4-1-2-9-21-15/h1-11,22H,12H2. The number of hydrogen-bond acceptors (Lipinski definition) is 4. The van der Waals surface area contributed by atoms with Gasteiger partial charge in [-0.25, -0.2) is 12.8 Å². The van der Waals surface area contributed by atoms with Crippen molar-refractivity contribution in [2.75, 3.05) is 4.72 Å². The topological polar surface area (TPSA) is 68.3 Å². The van der Waals surface area contributed by atoms with Crippen LogP contribution >= 0.6 is 11.6 Å². The first-order valence-corrected chi connectivity index (χ1v) is 9.41. The van der Waals surface area contributed by atoms with E-state index in [0.717, 1.165) is 17.8 Å². The molecule has 1 aromatic heterocycles. The maximum Gasteiger partial charge on any atom is 0.264 e. The first-order chi connectivity index (χ1) is 12.4. The van der Waals surface area contributed by atoms with Crippen LogP contribution < -0.4 is 9.46 Å². The number of sulfonamides is 1. The van der Waals surface area contributed by atoms with E-state index in [9.17, 15) is 12.8 Å². The summed E-state index contributed by atoms with van der Waals surface area (Å²) in [6, 6.07) is 15.2. The van der Waals surface area contributed by atoms with Crippen molar-refractivity contribution in [3.05, 3.63) is 83.4 Å². The lowest BCUT2D eigenvalue weighted by atomic mass is 10.3. The van der Waals surface area contributed by atoms with E-state index in [-0.39, 0.29) is 17.3 Å².